The first-order chi connectivity index (χ1) is 7.76. The van der Waals surface area contributed by atoms with Gasteiger partial charge >= 0.3 is 6.18 Å². The Morgan fingerprint density at radius 2 is 2.00 bits per heavy atom. The van der Waals surface area contributed by atoms with Crippen LogP contribution in [0.5, 0.6) is 0 Å². The summed E-state index contributed by atoms with van der Waals surface area (Å²) in [5.41, 5.74) is 1.52. The number of hydrogen-bond donors (Lipinski definition) is 0. The molecule has 1 aromatic heterocycles. The molecule has 1 rings (SSSR count). The SMILES string of the molecule is Cc1nn(C)c(N(C)CCC(F)(F)F)c1CCl. The maximum Gasteiger partial charge on any atom is 0.390 e. The van der Waals surface area contributed by atoms with Gasteiger partial charge < -0.3 is 4.90 Å². The summed E-state index contributed by atoms with van der Waals surface area (Å²) in [6.07, 6.45) is -5.00. The summed E-state index contributed by atoms with van der Waals surface area (Å²) >= 11 is 5.78. The maximum atomic E-state index is 12.1. The Bertz CT molecular complexity index is 387. The summed E-state index contributed by atoms with van der Waals surface area (Å²) in [5, 5.41) is 4.16. The zero-order valence-corrected chi connectivity index (χ0v) is 10.7. The lowest BCUT2D eigenvalue weighted by Gasteiger charge is -2.21. The van der Waals surface area contributed by atoms with Crippen LogP contribution in [-0.4, -0.2) is 29.5 Å². The Hall–Kier alpha value is -0.910. The number of nitrogens with zero attached hydrogens (tertiary/aromatic N) is 3. The van der Waals surface area contributed by atoms with Gasteiger partial charge in [0.25, 0.3) is 0 Å². The van der Waals surface area contributed by atoms with Crippen molar-refractivity contribution in [3.63, 3.8) is 0 Å². The van der Waals surface area contributed by atoms with Crippen molar-refractivity contribution < 1.29 is 13.2 Å². The van der Waals surface area contributed by atoms with E-state index in [4.69, 9.17) is 11.6 Å². The van der Waals surface area contributed by atoms with Crippen molar-refractivity contribution in [1.82, 2.24) is 9.78 Å². The van der Waals surface area contributed by atoms with Crippen molar-refractivity contribution in [3.05, 3.63) is 11.3 Å². The summed E-state index contributed by atoms with van der Waals surface area (Å²) in [6, 6.07) is 0. The van der Waals surface area contributed by atoms with Crippen molar-refractivity contribution >= 4 is 17.4 Å². The number of hydrogen-bond acceptors (Lipinski definition) is 2. The van der Waals surface area contributed by atoms with Crippen LogP contribution in [0.2, 0.25) is 0 Å². The third-order valence-electron chi connectivity index (χ3n) is 2.54. The van der Waals surface area contributed by atoms with Gasteiger partial charge in [0.15, 0.2) is 0 Å². The highest BCUT2D eigenvalue weighted by Gasteiger charge is 2.28. The third-order valence-corrected chi connectivity index (χ3v) is 2.81. The minimum absolute atomic E-state index is 0.105. The molecule has 0 aliphatic heterocycles. The molecule has 3 nitrogen and oxygen atoms in total. The van der Waals surface area contributed by atoms with Gasteiger partial charge in [0.05, 0.1) is 18.0 Å². The summed E-state index contributed by atoms with van der Waals surface area (Å²) in [5.74, 6) is 0.882. The van der Waals surface area contributed by atoms with Crippen molar-refractivity contribution in [2.75, 3.05) is 18.5 Å². The molecule has 1 heterocycles. The standard InChI is InChI=1S/C10H15ClF3N3/c1-7-8(6-11)9(17(3)15-7)16(2)5-4-10(12,13)14/h4-6H2,1-3H3. The predicted octanol–water partition coefficient (Wildman–Crippen LogP) is 2.86. The first-order valence-corrected chi connectivity index (χ1v) is 5.66. The van der Waals surface area contributed by atoms with Crippen LogP contribution in [0, 0.1) is 6.92 Å². The molecule has 0 saturated carbocycles. The van der Waals surface area contributed by atoms with Crippen molar-refractivity contribution in [2.24, 2.45) is 7.05 Å². The van der Waals surface area contributed by atoms with E-state index in [2.05, 4.69) is 5.10 Å². The van der Waals surface area contributed by atoms with E-state index in [1.54, 1.807) is 25.7 Å². The molecule has 0 fully saturated rings. The highest BCUT2D eigenvalue weighted by Crippen LogP contribution is 2.26. The van der Waals surface area contributed by atoms with Gasteiger partial charge in [-0.2, -0.15) is 18.3 Å². The van der Waals surface area contributed by atoms with E-state index in [9.17, 15) is 13.2 Å². The molecule has 17 heavy (non-hydrogen) atoms. The van der Waals surface area contributed by atoms with Gasteiger partial charge in [-0.1, -0.05) is 0 Å². The average Bonchev–Trinajstić information content (AvgIpc) is 2.48. The van der Waals surface area contributed by atoms with E-state index in [1.807, 2.05) is 0 Å². The van der Waals surface area contributed by atoms with Gasteiger partial charge in [0, 0.05) is 26.2 Å². The molecule has 0 aromatic carbocycles. The molecule has 0 unspecified atom stereocenters. The van der Waals surface area contributed by atoms with Crippen LogP contribution in [0.15, 0.2) is 0 Å². The topological polar surface area (TPSA) is 21.1 Å². The van der Waals surface area contributed by atoms with Crippen LogP contribution < -0.4 is 4.90 Å². The summed E-state index contributed by atoms with van der Waals surface area (Å²) < 4.78 is 38.0. The van der Waals surface area contributed by atoms with E-state index in [1.165, 1.54) is 4.90 Å². The van der Waals surface area contributed by atoms with E-state index in [0.29, 0.717) is 5.82 Å². The molecular weight excluding hydrogens is 255 g/mol. The van der Waals surface area contributed by atoms with Crippen molar-refractivity contribution in [1.29, 1.82) is 0 Å². The minimum atomic E-state index is -4.15. The van der Waals surface area contributed by atoms with E-state index in [0.717, 1.165) is 11.3 Å². The van der Waals surface area contributed by atoms with Crippen LogP contribution in [0.3, 0.4) is 0 Å². The lowest BCUT2D eigenvalue weighted by molar-refractivity contribution is -0.132. The molecule has 1 aromatic rings. The van der Waals surface area contributed by atoms with Gasteiger partial charge in [0.2, 0.25) is 0 Å². The molecule has 0 bridgehead atoms. The Morgan fingerprint density at radius 1 is 1.41 bits per heavy atom. The zero-order chi connectivity index (χ0) is 13.2. The van der Waals surface area contributed by atoms with Gasteiger partial charge in [-0.25, -0.2) is 0 Å². The highest BCUT2D eigenvalue weighted by molar-refractivity contribution is 6.17. The maximum absolute atomic E-state index is 12.1. The van der Waals surface area contributed by atoms with Crippen LogP contribution in [0.4, 0.5) is 19.0 Å². The largest absolute Gasteiger partial charge is 0.390 e. The first kappa shape index (κ1) is 14.2. The monoisotopic (exact) mass is 269 g/mol. The fourth-order valence-corrected chi connectivity index (χ4v) is 2.04. The first-order valence-electron chi connectivity index (χ1n) is 5.12. The van der Waals surface area contributed by atoms with Crippen LogP contribution >= 0.6 is 11.6 Å². The van der Waals surface area contributed by atoms with Gasteiger partial charge in [-0.15, -0.1) is 11.6 Å². The average molecular weight is 270 g/mol. The smallest absolute Gasteiger partial charge is 0.359 e. The molecule has 7 heteroatoms. The fourth-order valence-electron chi connectivity index (χ4n) is 1.72. The minimum Gasteiger partial charge on any atom is -0.359 e. The van der Waals surface area contributed by atoms with Crippen LogP contribution in [-0.2, 0) is 12.9 Å². The summed E-state index contributed by atoms with van der Waals surface area (Å²) in [6.45, 7) is 1.69. The second kappa shape index (κ2) is 5.16. The number of aryl methyl sites for hydroxylation is 2. The molecule has 0 aliphatic carbocycles. The second-order valence-electron chi connectivity index (χ2n) is 3.93. The Balaban J connectivity index is 2.85. The number of aromatic nitrogens is 2. The Kier molecular flexibility index (Phi) is 4.30. The number of rotatable bonds is 4. The highest BCUT2D eigenvalue weighted by atomic mass is 35.5. The van der Waals surface area contributed by atoms with Crippen molar-refractivity contribution in [3.8, 4) is 0 Å². The lowest BCUT2D eigenvalue weighted by Crippen LogP contribution is -2.26. The Morgan fingerprint density at radius 3 is 2.47 bits per heavy atom. The summed E-state index contributed by atoms with van der Waals surface area (Å²) in [4.78, 5) is 1.53. The quantitative estimate of drug-likeness (QED) is 0.784. The van der Waals surface area contributed by atoms with E-state index in [-0.39, 0.29) is 12.4 Å². The normalized spacial score (nSPS) is 11.9. The lowest BCUT2D eigenvalue weighted by atomic mass is 10.2. The van der Waals surface area contributed by atoms with Crippen LogP contribution in [0.1, 0.15) is 17.7 Å². The molecule has 98 valence electrons. The molecule has 0 radical (unpaired) electrons. The van der Waals surface area contributed by atoms with E-state index >= 15 is 0 Å². The molecule has 0 saturated heterocycles. The number of alkyl halides is 4. The van der Waals surface area contributed by atoms with Gasteiger partial charge in [0.1, 0.15) is 5.82 Å². The molecule has 0 amide bonds. The summed E-state index contributed by atoms with van der Waals surface area (Å²) in [7, 11) is 3.31. The predicted molar refractivity (Wildman–Crippen MR) is 61.4 cm³/mol. The van der Waals surface area contributed by atoms with Crippen LogP contribution in [0.25, 0.3) is 0 Å². The van der Waals surface area contributed by atoms with Crippen molar-refractivity contribution in [2.45, 2.75) is 25.4 Å². The van der Waals surface area contributed by atoms with Gasteiger partial charge in [-0.05, 0) is 6.92 Å². The molecule has 0 atom stereocenters. The zero-order valence-electron chi connectivity index (χ0n) is 9.97. The molecule has 0 N–H and O–H groups in total. The van der Waals surface area contributed by atoms with E-state index < -0.39 is 12.6 Å². The molecule has 0 aliphatic rings. The Labute approximate surface area is 103 Å². The molecular formula is C10H15ClF3N3. The molecule has 0 spiro atoms. The number of halogens is 4. The fraction of sp³-hybridized carbons (Fsp3) is 0.700. The second-order valence-corrected chi connectivity index (χ2v) is 4.20. The third kappa shape index (κ3) is 3.52. The number of anilines is 1. The van der Waals surface area contributed by atoms with Gasteiger partial charge in [-0.3, -0.25) is 4.68 Å².